The number of likely N-dealkylation sites (N-methyl/N-ethyl adjacent to an activating group) is 1. The van der Waals surface area contributed by atoms with Gasteiger partial charge in [0.15, 0.2) is 5.78 Å². The van der Waals surface area contributed by atoms with Crippen molar-refractivity contribution >= 4 is 33.3 Å². The number of Topliss-reactive ketones (excluding diaryl/α,β-unsaturated/α-hetero) is 1. The molecule has 24 heavy (non-hydrogen) atoms. The van der Waals surface area contributed by atoms with E-state index in [1.165, 1.54) is 9.80 Å². The predicted octanol–water partition coefficient (Wildman–Crippen LogP) is -1.03. The molecule has 126 valence electrons. The minimum Gasteiger partial charge on any atom is -0.303 e. The van der Waals surface area contributed by atoms with Gasteiger partial charge in [0.1, 0.15) is 42.6 Å². The third-order valence-electron chi connectivity index (χ3n) is 6.92. The third kappa shape index (κ3) is 1.41. The molecule has 2 N–H and O–H groups in total. The molecule has 4 saturated heterocycles. The van der Waals surface area contributed by atoms with Gasteiger partial charge in [-0.2, -0.15) is 0 Å². The summed E-state index contributed by atoms with van der Waals surface area (Å²) in [6.07, 6.45) is 0. The Kier molecular flexibility index (Phi) is 2.58. The number of halogens is 1. The quantitative estimate of drug-likeness (QED) is 0.594. The summed E-state index contributed by atoms with van der Waals surface area (Å²) in [4.78, 5) is 30.8. The highest BCUT2D eigenvalue weighted by Crippen LogP contribution is 2.43. The standard InChI is InChI=1S/C18H20BrN3O2/c1-16-7-21-9-17(2,14(16)23)10-22(8-16)18(21)12-6-11(19)4-5-13(12)20(3)15(18)24/h4-6H,7-10H2,1-3H3/p+2. The van der Waals surface area contributed by atoms with Crippen LogP contribution in [-0.2, 0) is 15.3 Å². The number of carbonyl (C=O) groups is 2. The average Bonchev–Trinajstić information content (AvgIpc) is 2.71. The minimum absolute atomic E-state index is 0.180. The molecule has 1 aromatic rings. The molecule has 0 atom stereocenters. The highest BCUT2D eigenvalue weighted by Gasteiger charge is 2.78. The summed E-state index contributed by atoms with van der Waals surface area (Å²) >= 11 is 3.58. The first kappa shape index (κ1) is 15.0. The number of hydrogen-bond donors (Lipinski definition) is 2. The summed E-state index contributed by atoms with van der Waals surface area (Å²) in [5.41, 5.74) is 0.960. The smallest absolute Gasteiger partial charge is 0.303 e. The fraction of sp³-hybridized carbons (Fsp3) is 0.556. The number of nitrogens with zero attached hydrogens (tertiary/aromatic N) is 1. The monoisotopic (exact) mass is 391 g/mol. The van der Waals surface area contributed by atoms with E-state index in [1.807, 2.05) is 24.1 Å². The lowest BCUT2D eigenvalue weighted by Crippen LogP contribution is -3.48. The molecule has 1 aromatic carbocycles. The van der Waals surface area contributed by atoms with E-state index in [1.54, 1.807) is 0 Å². The summed E-state index contributed by atoms with van der Waals surface area (Å²) in [5.74, 6) is 0.588. The van der Waals surface area contributed by atoms with Crippen molar-refractivity contribution < 1.29 is 19.4 Å². The van der Waals surface area contributed by atoms with Crippen LogP contribution in [0.4, 0.5) is 5.69 Å². The molecule has 5 heterocycles. The van der Waals surface area contributed by atoms with E-state index in [4.69, 9.17) is 0 Å². The van der Waals surface area contributed by atoms with Crippen molar-refractivity contribution in [1.82, 2.24) is 0 Å². The van der Waals surface area contributed by atoms with Crippen molar-refractivity contribution in [1.29, 1.82) is 0 Å². The Morgan fingerprint density at radius 2 is 1.58 bits per heavy atom. The number of benzene rings is 1. The maximum atomic E-state index is 13.5. The topological polar surface area (TPSA) is 46.3 Å². The number of anilines is 1. The maximum Gasteiger partial charge on any atom is 0.353 e. The molecular weight excluding hydrogens is 370 g/mol. The van der Waals surface area contributed by atoms with Crippen LogP contribution in [0.2, 0.25) is 0 Å². The van der Waals surface area contributed by atoms with Crippen LogP contribution >= 0.6 is 15.9 Å². The molecule has 6 heteroatoms. The molecule has 0 unspecified atom stereocenters. The first-order chi connectivity index (χ1) is 11.2. The molecule has 5 nitrogen and oxygen atoms in total. The Bertz CT molecular complexity index is 780. The van der Waals surface area contributed by atoms with Gasteiger partial charge in [-0.3, -0.25) is 19.4 Å². The molecule has 4 fully saturated rings. The van der Waals surface area contributed by atoms with E-state index < -0.39 is 5.66 Å². The van der Waals surface area contributed by atoms with Crippen molar-refractivity contribution in [3.05, 3.63) is 28.2 Å². The number of hydrogen-bond acceptors (Lipinski definition) is 2. The fourth-order valence-corrected chi connectivity index (χ4v) is 6.59. The second-order valence-corrected chi connectivity index (χ2v) is 9.56. The second-order valence-electron chi connectivity index (χ2n) is 8.64. The first-order valence-corrected chi connectivity index (χ1v) is 9.35. The van der Waals surface area contributed by atoms with Crippen LogP contribution in [0.5, 0.6) is 0 Å². The highest BCUT2D eigenvalue weighted by molar-refractivity contribution is 9.10. The zero-order chi connectivity index (χ0) is 17.1. The van der Waals surface area contributed by atoms with Gasteiger partial charge in [-0.05, 0) is 32.0 Å². The Morgan fingerprint density at radius 1 is 1.04 bits per heavy atom. The number of quaternary nitrogens is 2. The number of amides is 1. The van der Waals surface area contributed by atoms with E-state index in [2.05, 4.69) is 35.8 Å². The fourth-order valence-electron chi connectivity index (χ4n) is 6.22. The van der Waals surface area contributed by atoms with E-state index in [0.717, 1.165) is 41.9 Å². The van der Waals surface area contributed by atoms with Gasteiger partial charge >= 0.3 is 11.6 Å². The SMILES string of the molecule is CN1C(=O)C2(c3cc(Br)ccc31)[NH+]1CC3(C)C[NH+]2CC(C)(C1)C3=O. The van der Waals surface area contributed by atoms with Crippen molar-refractivity contribution in [3.63, 3.8) is 0 Å². The molecular formula is C18H22BrN3O2+2. The van der Waals surface area contributed by atoms with Gasteiger partial charge in [-0.15, -0.1) is 0 Å². The first-order valence-electron chi connectivity index (χ1n) is 8.56. The average molecular weight is 392 g/mol. The third-order valence-corrected chi connectivity index (χ3v) is 7.41. The zero-order valence-electron chi connectivity index (χ0n) is 14.2. The number of piperidine rings is 2. The number of fused-ring (bicyclic) bond motifs is 1. The molecule has 4 bridgehead atoms. The van der Waals surface area contributed by atoms with Crippen LogP contribution in [0.25, 0.3) is 0 Å². The van der Waals surface area contributed by atoms with Crippen molar-refractivity contribution in [2.75, 3.05) is 38.1 Å². The summed E-state index contributed by atoms with van der Waals surface area (Å²) < 4.78 is 1.01. The molecule has 0 radical (unpaired) electrons. The zero-order valence-corrected chi connectivity index (χ0v) is 15.8. The van der Waals surface area contributed by atoms with E-state index in [-0.39, 0.29) is 16.7 Å². The molecule has 5 aliphatic heterocycles. The summed E-state index contributed by atoms with van der Waals surface area (Å²) in [5, 5.41) is 0. The Hall–Kier alpha value is -1.24. The summed E-state index contributed by atoms with van der Waals surface area (Å²) in [6, 6.07) is 6.15. The van der Waals surface area contributed by atoms with Crippen LogP contribution in [0, 0.1) is 10.8 Å². The van der Waals surface area contributed by atoms with Crippen molar-refractivity contribution in [2.24, 2.45) is 10.8 Å². The van der Waals surface area contributed by atoms with Gasteiger partial charge in [-0.25, -0.2) is 0 Å². The van der Waals surface area contributed by atoms with E-state index in [9.17, 15) is 9.59 Å². The summed E-state index contributed by atoms with van der Waals surface area (Å²) in [6.45, 7) is 7.24. The minimum atomic E-state index is -0.576. The van der Waals surface area contributed by atoms with Crippen LogP contribution < -0.4 is 14.7 Å². The van der Waals surface area contributed by atoms with Crippen molar-refractivity contribution in [2.45, 2.75) is 19.5 Å². The Balaban J connectivity index is 1.76. The highest BCUT2D eigenvalue weighted by atomic mass is 79.9. The Morgan fingerprint density at radius 3 is 2.12 bits per heavy atom. The molecule has 1 amide bonds. The van der Waals surface area contributed by atoms with Crippen LogP contribution in [0.15, 0.2) is 22.7 Å². The maximum absolute atomic E-state index is 13.5. The van der Waals surface area contributed by atoms with Crippen LogP contribution in [0.1, 0.15) is 19.4 Å². The lowest BCUT2D eigenvalue weighted by molar-refractivity contribution is -1.20. The number of nitrogens with one attached hydrogen (secondary N) is 2. The number of rotatable bonds is 0. The number of carbonyl (C=O) groups excluding carboxylic acids is 2. The summed E-state index contributed by atoms with van der Waals surface area (Å²) in [7, 11) is 1.88. The van der Waals surface area contributed by atoms with Gasteiger partial charge in [0.25, 0.3) is 0 Å². The number of ketones is 1. The second kappa shape index (κ2) is 4.11. The predicted molar refractivity (Wildman–Crippen MR) is 91.8 cm³/mol. The largest absolute Gasteiger partial charge is 0.353 e. The molecule has 0 saturated carbocycles. The van der Waals surface area contributed by atoms with Gasteiger partial charge in [0.05, 0.1) is 5.69 Å². The van der Waals surface area contributed by atoms with Crippen molar-refractivity contribution in [3.8, 4) is 0 Å². The molecule has 1 spiro atoms. The molecule has 5 aliphatic rings. The molecule has 0 aromatic heterocycles. The van der Waals surface area contributed by atoms with E-state index in [0.29, 0.717) is 5.78 Å². The lowest BCUT2D eigenvalue weighted by atomic mass is 9.60. The molecule has 6 rings (SSSR count). The van der Waals surface area contributed by atoms with Gasteiger partial charge in [0.2, 0.25) is 0 Å². The normalized spacial score (nSPS) is 45.4. The van der Waals surface area contributed by atoms with Gasteiger partial charge < -0.3 is 4.90 Å². The molecule has 0 aliphatic carbocycles. The Labute approximate surface area is 149 Å². The van der Waals surface area contributed by atoms with E-state index >= 15 is 0 Å². The van der Waals surface area contributed by atoms with Gasteiger partial charge in [0, 0.05) is 11.5 Å². The van der Waals surface area contributed by atoms with Crippen LogP contribution in [0.3, 0.4) is 0 Å². The lowest BCUT2D eigenvalue weighted by Gasteiger charge is -2.61. The van der Waals surface area contributed by atoms with Crippen LogP contribution in [-0.4, -0.2) is 44.9 Å². The van der Waals surface area contributed by atoms with Gasteiger partial charge in [-0.1, -0.05) is 15.9 Å².